The summed E-state index contributed by atoms with van der Waals surface area (Å²) in [6.45, 7) is 3.00. The van der Waals surface area contributed by atoms with E-state index >= 15 is 0 Å². The van der Waals surface area contributed by atoms with Crippen molar-refractivity contribution in [3.63, 3.8) is 0 Å². The lowest BCUT2D eigenvalue weighted by Crippen LogP contribution is -2.49. The maximum atomic E-state index is 12.9. The highest BCUT2D eigenvalue weighted by molar-refractivity contribution is 5.17. The molecule has 1 atom stereocenters. The van der Waals surface area contributed by atoms with E-state index in [0.717, 1.165) is 31.6 Å². The zero-order chi connectivity index (χ0) is 9.80. The summed E-state index contributed by atoms with van der Waals surface area (Å²) in [5, 5.41) is 6.72. The maximum Gasteiger partial charge on any atom is 0.123 e. The fraction of sp³-hybridized carbons (Fsp3) is 0.455. The largest absolute Gasteiger partial charge is 0.314 e. The second-order valence-corrected chi connectivity index (χ2v) is 3.69. The van der Waals surface area contributed by atoms with Crippen LogP contribution >= 0.6 is 0 Å². The number of benzene rings is 1. The van der Waals surface area contributed by atoms with Gasteiger partial charge in [-0.05, 0) is 24.1 Å². The number of halogens is 1. The first-order valence-electron chi connectivity index (χ1n) is 5.03. The van der Waals surface area contributed by atoms with Crippen molar-refractivity contribution < 1.29 is 4.39 Å². The Morgan fingerprint density at radius 1 is 1.36 bits per heavy atom. The van der Waals surface area contributed by atoms with Crippen LogP contribution in [0.3, 0.4) is 0 Å². The molecule has 1 heterocycles. The van der Waals surface area contributed by atoms with Crippen molar-refractivity contribution in [3.8, 4) is 0 Å². The predicted molar refractivity (Wildman–Crippen MR) is 54.8 cm³/mol. The van der Waals surface area contributed by atoms with Gasteiger partial charge in [0.15, 0.2) is 0 Å². The highest BCUT2D eigenvalue weighted by atomic mass is 19.1. The fourth-order valence-electron chi connectivity index (χ4n) is 1.81. The molecule has 1 saturated heterocycles. The average Bonchev–Trinajstić information content (AvgIpc) is 2.19. The minimum atomic E-state index is -0.147. The Morgan fingerprint density at radius 3 is 3.00 bits per heavy atom. The molecule has 1 aromatic carbocycles. The number of nitrogens with one attached hydrogen (secondary N) is 2. The third-order valence-corrected chi connectivity index (χ3v) is 2.50. The molecule has 1 fully saturated rings. The summed E-state index contributed by atoms with van der Waals surface area (Å²) in [5.41, 5.74) is 1.06. The van der Waals surface area contributed by atoms with Gasteiger partial charge in [-0.25, -0.2) is 4.39 Å². The van der Waals surface area contributed by atoms with Gasteiger partial charge < -0.3 is 10.6 Å². The molecule has 0 aliphatic carbocycles. The number of hydrogen-bond donors (Lipinski definition) is 2. The lowest BCUT2D eigenvalue weighted by atomic mass is 10.0. The minimum absolute atomic E-state index is 0.147. The monoisotopic (exact) mass is 194 g/mol. The molecule has 1 aliphatic heterocycles. The standard InChI is InChI=1S/C11H15FN2/c12-10-3-1-2-9(6-10)7-11-8-13-4-5-14-11/h1-3,6,11,13-14H,4-5,7-8H2/t11-/m0/s1. The van der Waals surface area contributed by atoms with E-state index in [4.69, 9.17) is 0 Å². The summed E-state index contributed by atoms with van der Waals surface area (Å²) in [6.07, 6.45) is 0.894. The molecule has 2 nitrogen and oxygen atoms in total. The molecule has 2 rings (SSSR count). The highest BCUT2D eigenvalue weighted by Crippen LogP contribution is 2.06. The van der Waals surface area contributed by atoms with E-state index in [0.29, 0.717) is 6.04 Å². The van der Waals surface area contributed by atoms with Gasteiger partial charge in [-0.1, -0.05) is 12.1 Å². The van der Waals surface area contributed by atoms with Gasteiger partial charge in [-0.15, -0.1) is 0 Å². The Morgan fingerprint density at radius 2 is 2.29 bits per heavy atom. The summed E-state index contributed by atoms with van der Waals surface area (Å²) in [6, 6.07) is 7.26. The van der Waals surface area contributed by atoms with Crippen molar-refractivity contribution in [3.05, 3.63) is 35.6 Å². The van der Waals surface area contributed by atoms with Crippen LogP contribution in [0, 0.1) is 5.82 Å². The Balaban J connectivity index is 1.95. The van der Waals surface area contributed by atoms with Crippen LogP contribution in [0.2, 0.25) is 0 Å². The third kappa shape index (κ3) is 2.53. The van der Waals surface area contributed by atoms with Crippen LogP contribution in [0.15, 0.2) is 24.3 Å². The maximum absolute atomic E-state index is 12.9. The third-order valence-electron chi connectivity index (χ3n) is 2.50. The Bertz CT molecular complexity index is 295. The van der Waals surface area contributed by atoms with Crippen molar-refractivity contribution in [2.45, 2.75) is 12.5 Å². The molecule has 0 aromatic heterocycles. The van der Waals surface area contributed by atoms with Crippen LogP contribution in [-0.2, 0) is 6.42 Å². The van der Waals surface area contributed by atoms with E-state index in [1.807, 2.05) is 6.07 Å². The van der Waals surface area contributed by atoms with E-state index in [9.17, 15) is 4.39 Å². The fourth-order valence-corrected chi connectivity index (χ4v) is 1.81. The lowest BCUT2D eigenvalue weighted by Gasteiger charge is -2.24. The molecule has 0 radical (unpaired) electrons. The summed E-state index contributed by atoms with van der Waals surface area (Å²) < 4.78 is 12.9. The molecular formula is C11H15FN2. The van der Waals surface area contributed by atoms with Gasteiger partial charge in [0.05, 0.1) is 0 Å². The molecule has 0 spiro atoms. The first-order chi connectivity index (χ1) is 6.84. The van der Waals surface area contributed by atoms with Crippen LogP contribution in [0.25, 0.3) is 0 Å². The van der Waals surface area contributed by atoms with Gasteiger partial charge in [0.1, 0.15) is 5.82 Å². The molecular weight excluding hydrogens is 179 g/mol. The second kappa shape index (κ2) is 4.53. The van der Waals surface area contributed by atoms with Gasteiger partial charge >= 0.3 is 0 Å². The normalized spacial score (nSPS) is 22.2. The Labute approximate surface area is 83.5 Å². The molecule has 14 heavy (non-hydrogen) atoms. The molecule has 2 N–H and O–H groups in total. The first kappa shape index (κ1) is 9.62. The van der Waals surface area contributed by atoms with E-state index in [-0.39, 0.29) is 5.82 Å². The SMILES string of the molecule is Fc1cccc(C[C@H]2CNCCN2)c1. The van der Waals surface area contributed by atoms with Crippen LogP contribution < -0.4 is 10.6 Å². The molecule has 3 heteroatoms. The van der Waals surface area contributed by atoms with Gasteiger partial charge in [0.2, 0.25) is 0 Å². The molecule has 1 aliphatic rings. The molecule has 0 unspecified atom stereocenters. The first-order valence-corrected chi connectivity index (χ1v) is 5.03. The highest BCUT2D eigenvalue weighted by Gasteiger charge is 2.12. The summed E-state index contributed by atoms with van der Waals surface area (Å²) in [7, 11) is 0. The van der Waals surface area contributed by atoms with Gasteiger partial charge in [0, 0.05) is 25.7 Å². The van der Waals surface area contributed by atoms with Crippen molar-refractivity contribution in [1.82, 2.24) is 10.6 Å². The summed E-state index contributed by atoms with van der Waals surface area (Å²) in [5.74, 6) is -0.147. The number of hydrogen-bond acceptors (Lipinski definition) is 2. The second-order valence-electron chi connectivity index (χ2n) is 3.69. The van der Waals surface area contributed by atoms with Crippen molar-refractivity contribution in [1.29, 1.82) is 0 Å². The lowest BCUT2D eigenvalue weighted by molar-refractivity contribution is 0.416. The average molecular weight is 194 g/mol. The van der Waals surface area contributed by atoms with E-state index in [1.54, 1.807) is 12.1 Å². The van der Waals surface area contributed by atoms with Crippen LogP contribution in [0.1, 0.15) is 5.56 Å². The molecule has 1 aromatic rings. The van der Waals surface area contributed by atoms with Gasteiger partial charge in [-0.3, -0.25) is 0 Å². The zero-order valence-corrected chi connectivity index (χ0v) is 8.09. The van der Waals surface area contributed by atoms with Gasteiger partial charge in [0.25, 0.3) is 0 Å². The summed E-state index contributed by atoms with van der Waals surface area (Å²) >= 11 is 0. The quantitative estimate of drug-likeness (QED) is 0.732. The topological polar surface area (TPSA) is 24.1 Å². The van der Waals surface area contributed by atoms with Crippen molar-refractivity contribution >= 4 is 0 Å². The van der Waals surface area contributed by atoms with E-state index < -0.39 is 0 Å². The number of rotatable bonds is 2. The molecule has 0 saturated carbocycles. The zero-order valence-electron chi connectivity index (χ0n) is 8.09. The minimum Gasteiger partial charge on any atom is -0.314 e. The van der Waals surface area contributed by atoms with Gasteiger partial charge in [-0.2, -0.15) is 0 Å². The van der Waals surface area contributed by atoms with Crippen LogP contribution in [-0.4, -0.2) is 25.7 Å². The summed E-state index contributed by atoms with van der Waals surface area (Å²) in [4.78, 5) is 0. The predicted octanol–water partition coefficient (Wildman–Crippen LogP) is 0.930. The molecule has 0 amide bonds. The molecule has 76 valence electrons. The van der Waals surface area contributed by atoms with Crippen LogP contribution in [0.5, 0.6) is 0 Å². The van der Waals surface area contributed by atoms with E-state index in [2.05, 4.69) is 10.6 Å². The van der Waals surface area contributed by atoms with Crippen molar-refractivity contribution in [2.24, 2.45) is 0 Å². The Kier molecular flexibility index (Phi) is 3.11. The van der Waals surface area contributed by atoms with E-state index in [1.165, 1.54) is 6.07 Å². The van der Waals surface area contributed by atoms with Crippen molar-refractivity contribution in [2.75, 3.05) is 19.6 Å². The number of piperazine rings is 1. The Hall–Kier alpha value is -0.930. The van der Waals surface area contributed by atoms with Crippen LogP contribution in [0.4, 0.5) is 4.39 Å². The smallest absolute Gasteiger partial charge is 0.123 e. The molecule has 0 bridgehead atoms.